The molecule has 1 saturated heterocycles. The minimum Gasteiger partial charge on any atom is -0.427 e. The van der Waals surface area contributed by atoms with Crippen molar-refractivity contribution in [1.82, 2.24) is 10.2 Å². The van der Waals surface area contributed by atoms with Gasteiger partial charge < -0.3 is 10.1 Å². The average molecular weight is 544 g/mol. The molecule has 34 heavy (non-hydrogen) atoms. The summed E-state index contributed by atoms with van der Waals surface area (Å²) in [6.07, 6.45) is 9.35. The van der Waals surface area contributed by atoms with Gasteiger partial charge in [0.2, 0.25) is 5.91 Å². The molecule has 1 aromatic heterocycles. The van der Waals surface area contributed by atoms with E-state index >= 15 is 0 Å². The maximum atomic E-state index is 12.7. The zero-order chi connectivity index (χ0) is 24.1. The molecule has 1 amide bonds. The first kappa shape index (κ1) is 24.9. The van der Waals surface area contributed by atoms with Crippen LogP contribution in [0.5, 0.6) is 5.75 Å². The molecule has 1 aromatic carbocycles. The molecule has 1 aliphatic carbocycles. The fraction of sp³-hybridized carbons (Fsp3) is 0.407. The number of carbonyl (C=O) groups is 2. The highest BCUT2D eigenvalue weighted by Crippen LogP contribution is 2.49. The van der Waals surface area contributed by atoms with E-state index < -0.39 is 0 Å². The predicted molar refractivity (Wildman–Crippen MR) is 141 cm³/mol. The molecule has 3 atom stereocenters. The Morgan fingerprint density at radius 1 is 1.35 bits per heavy atom. The molecule has 1 saturated carbocycles. The van der Waals surface area contributed by atoms with Gasteiger partial charge in [0.1, 0.15) is 5.75 Å². The summed E-state index contributed by atoms with van der Waals surface area (Å²) in [4.78, 5) is 27.8. The van der Waals surface area contributed by atoms with Crippen LogP contribution in [0.15, 0.2) is 58.9 Å². The van der Waals surface area contributed by atoms with E-state index in [2.05, 4.69) is 38.8 Å². The van der Waals surface area contributed by atoms with E-state index in [0.717, 1.165) is 54.7 Å². The Balaban J connectivity index is 1.54. The maximum Gasteiger partial charge on any atom is 0.308 e. The number of hydrogen-bond acceptors (Lipinski definition) is 5. The molecule has 180 valence electrons. The number of esters is 1. The van der Waals surface area contributed by atoms with Crippen LogP contribution in [0.1, 0.15) is 43.0 Å². The Hall–Kier alpha value is -2.22. The minimum absolute atomic E-state index is 0.0547. The number of hydrogen-bond donors (Lipinski definition) is 1. The standard InChI is InChI=1S/C27H31BrN2O3S/c1-3-12-30-13-11-27(20-5-4-6-24(14-20)33-19(2)31)16-23(8-7-21(27)17-30)29-26(32)10-9-25-15-22(28)18-34-25/h3-6,9-10,14-15,18,21,23H,1,7-8,11-13,16-17H2,2H3,(H,29,32)/b10-9+/t21-,23-,27+/m1/s1. The van der Waals surface area contributed by atoms with Crippen LogP contribution in [-0.2, 0) is 15.0 Å². The van der Waals surface area contributed by atoms with Crippen molar-refractivity contribution < 1.29 is 14.3 Å². The predicted octanol–water partition coefficient (Wildman–Crippen LogP) is 5.56. The molecular weight excluding hydrogens is 512 g/mol. The molecule has 2 aliphatic rings. The highest BCUT2D eigenvalue weighted by molar-refractivity contribution is 9.10. The number of piperidine rings is 1. The number of ether oxygens (including phenoxy) is 1. The first-order valence-corrected chi connectivity index (χ1v) is 13.4. The summed E-state index contributed by atoms with van der Waals surface area (Å²) in [5.41, 5.74) is 1.14. The van der Waals surface area contributed by atoms with Gasteiger partial charge in [-0.2, -0.15) is 0 Å². The van der Waals surface area contributed by atoms with E-state index in [0.29, 0.717) is 11.7 Å². The van der Waals surface area contributed by atoms with Crippen molar-refractivity contribution in [2.75, 3.05) is 19.6 Å². The lowest BCUT2D eigenvalue weighted by atomic mass is 9.58. The van der Waals surface area contributed by atoms with E-state index in [9.17, 15) is 9.59 Å². The van der Waals surface area contributed by atoms with Gasteiger partial charge in [0.05, 0.1) is 0 Å². The van der Waals surface area contributed by atoms with Gasteiger partial charge in [-0.1, -0.05) is 18.2 Å². The average Bonchev–Trinajstić information content (AvgIpc) is 3.23. The van der Waals surface area contributed by atoms with Gasteiger partial charge in [0, 0.05) is 52.3 Å². The molecule has 1 N–H and O–H groups in total. The zero-order valence-corrected chi connectivity index (χ0v) is 21.9. The van der Waals surface area contributed by atoms with E-state index in [1.807, 2.05) is 41.8 Å². The molecule has 2 heterocycles. The number of thiophene rings is 1. The van der Waals surface area contributed by atoms with Crippen molar-refractivity contribution in [2.24, 2.45) is 5.92 Å². The fourth-order valence-corrected chi connectivity index (χ4v) is 6.88. The lowest BCUT2D eigenvalue weighted by Gasteiger charge is -2.53. The molecule has 0 unspecified atom stereocenters. The normalized spacial score (nSPS) is 25.0. The monoisotopic (exact) mass is 542 g/mol. The van der Waals surface area contributed by atoms with Gasteiger partial charge >= 0.3 is 5.97 Å². The van der Waals surface area contributed by atoms with Crippen LogP contribution in [0.4, 0.5) is 0 Å². The molecule has 1 aliphatic heterocycles. The summed E-state index contributed by atoms with van der Waals surface area (Å²) in [6.45, 7) is 8.22. The van der Waals surface area contributed by atoms with Crippen LogP contribution in [0.2, 0.25) is 0 Å². The molecule has 0 spiro atoms. The maximum absolute atomic E-state index is 12.7. The smallest absolute Gasteiger partial charge is 0.308 e. The largest absolute Gasteiger partial charge is 0.427 e. The Bertz CT molecular complexity index is 1080. The number of nitrogens with one attached hydrogen (secondary N) is 1. The summed E-state index contributed by atoms with van der Waals surface area (Å²) >= 11 is 5.05. The second-order valence-corrected chi connectivity index (χ2v) is 11.1. The number of benzene rings is 1. The highest BCUT2D eigenvalue weighted by Gasteiger charge is 2.48. The van der Waals surface area contributed by atoms with Gasteiger partial charge in [-0.3, -0.25) is 14.5 Å². The molecular formula is C27H31BrN2O3S. The molecule has 7 heteroatoms. The molecule has 0 radical (unpaired) electrons. The number of fused-ring (bicyclic) bond motifs is 1. The lowest BCUT2D eigenvalue weighted by Crippen LogP contribution is -2.56. The number of amides is 1. The van der Waals surface area contributed by atoms with Crippen molar-refractivity contribution >= 4 is 45.2 Å². The van der Waals surface area contributed by atoms with E-state index in [1.54, 1.807) is 17.4 Å². The van der Waals surface area contributed by atoms with Crippen LogP contribution in [0.3, 0.4) is 0 Å². The highest BCUT2D eigenvalue weighted by atomic mass is 79.9. The lowest BCUT2D eigenvalue weighted by molar-refractivity contribution is -0.131. The molecule has 2 fully saturated rings. The van der Waals surface area contributed by atoms with E-state index in [4.69, 9.17) is 4.74 Å². The third-order valence-electron chi connectivity index (χ3n) is 7.00. The van der Waals surface area contributed by atoms with Crippen molar-refractivity contribution in [1.29, 1.82) is 0 Å². The van der Waals surface area contributed by atoms with Gasteiger partial charge in [-0.25, -0.2) is 0 Å². The Labute approximate surface area is 214 Å². The van der Waals surface area contributed by atoms with E-state index in [-0.39, 0.29) is 23.3 Å². The van der Waals surface area contributed by atoms with E-state index in [1.165, 1.54) is 12.5 Å². The van der Waals surface area contributed by atoms with Crippen LogP contribution in [0, 0.1) is 5.92 Å². The first-order chi connectivity index (χ1) is 16.4. The van der Waals surface area contributed by atoms with Gasteiger partial charge in [-0.05, 0) is 83.9 Å². The Kier molecular flexibility index (Phi) is 8.06. The van der Waals surface area contributed by atoms with Crippen LogP contribution in [-0.4, -0.2) is 42.5 Å². The van der Waals surface area contributed by atoms with Crippen LogP contribution in [0.25, 0.3) is 6.08 Å². The summed E-state index contributed by atoms with van der Waals surface area (Å²) in [6, 6.07) is 10.1. The third kappa shape index (κ3) is 5.88. The first-order valence-electron chi connectivity index (χ1n) is 11.7. The Morgan fingerprint density at radius 2 is 2.21 bits per heavy atom. The Morgan fingerprint density at radius 3 is 2.94 bits per heavy atom. The molecule has 4 rings (SSSR count). The van der Waals surface area contributed by atoms with Crippen LogP contribution >= 0.6 is 27.3 Å². The van der Waals surface area contributed by atoms with Gasteiger partial charge in [-0.15, -0.1) is 17.9 Å². The number of carbonyl (C=O) groups excluding carboxylic acids is 2. The number of halogens is 1. The zero-order valence-electron chi connectivity index (χ0n) is 19.5. The van der Waals surface area contributed by atoms with Crippen molar-refractivity contribution in [3.63, 3.8) is 0 Å². The van der Waals surface area contributed by atoms with Gasteiger partial charge in [0.15, 0.2) is 0 Å². The van der Waals surface area contributed by atoms with Gasteiger partial charge in [0.25, 0.3) is 0 Å². The summed E-state index contributed by atoms with van der Waals surface area (Å²) in [5, 5.41) is 5.26. The van der Waals surface area contributed by atoms with Crippen molar-refractivity contribution in [3.8, 4) is 5.75 Å². The third-order valence-corrected chi connectivity index (χ3v) is 8.66. The SMILES string of the molecule is C=CCN1CC[C@@]2(c3cccc(OC(C)=O)c3)C[C@H](NC(=O)/C=C/c3cc(Br)cs3)CC[C@@H]2C1. The molecule has 0 bridgehead atoms. The van der Waals surface area contributed by atoms with Crippen LogP contribution < -0.4 is 10.1 Å². The minimum atomic E-state index is -0.314. The molecule has 2 aromatic rings. The topological polar surface area (TPSA) is 58.6 Å². The second kappa shape index (κ2) is 11.0. The second-order valence-electron chi connectivity index (χ2n) is 9.26. The van der Waals surface area contributed by atoms with Crippen molar-refractivity contribution in [2.45, 2.75) is 44.1 Å². The number of rotatable bonds is 7. The summed E-state index contributed by atoms with van der Waals surface area (Å²) in [5.74, 6) is 0.690. The summed E-state index contributed by atoms with van der Waals surface area (Å²) in [7, 11) is 0. The van der Waals surface area contributed by atoms with Crippen molar-refractivity contribution in [3.05, 3.63) is 69.4 Å². The fourth-order valence-electron chi connectivity index (χ4n) is 5.55. The number of nitrogens with zero attached hydrogens (tertiary/aromatic N) is 1. The number of likely N-dealkylation sites (tertiary alicyclic amines) is 1. The molecule has 5 nitrogen and oxygen atoms in total. The quantitative estimate of drug-likeness (QED) is 0.215. The summed E-state index contributed by atoms with van der Waals surface area (Å²) < 4.78 is 6.43.